The van der Waals surface area contributed by atoms with Gasteiger partial charge in [-0.05, 0) is 24.1 Å². The molecule has 21 heavy (non-hydrogen) atoms. The summed E-state index contributed by atoms with van der Waals surface area (Å²) in [6.45, 7) is 0. The van der Waals surface area contributed by atoms with E-state index in [9.17, 15) is 13.2 Å². The number of hydrazine groups is 1. The van der Waals surface area contributed by atoms with Crippen LogP contribution in [0.4, 0.5) is 13.2 Å². The zero-order valence-corrected chi connectivity index (χ0v) is 12.9. The molecule has 1 fully saturated rings. The highest BCUT2D eigenvalue weighted by Gasteiger charge is 2.31. The summed E-state index contributed by atoms with van der Waals surface area (Å²) in [5.41, 5.74) is 3.76. The molecule has 1 saturated heterocycles. The van der Waals surface area contributed by atoms with Gasteiger partial charge in [0.1, 0.15) is 5.75 Å². The van der Waals surface area contributed by atoms with Crippen molar-refractivity contribution >= 4 is 23.5 Å². The van der Waals surface area contributed by atoms with Gasteiger partial charge in [-0.2, -0.15) is 23.5 Å². The van der Waals surface area contributed by atoms with Crippen LogP contribution < -0.4 is 16.0 Å². The monoisotopic (exact) mass is 338 g/mol. The average molecular weight is 338 g/mol. The van der Waals surface area contributed by atoms with Crippen molar-refractivity contribution in [1.29, 1.82) is 0 Å². The quantitative estimate of drug-likeness (QED) is 0.639. The number of nitrogens with two attached hydrogens (primary N) is 1. The Labute approximate surface area is 130 Å². The SMILES string of the molecule is NNC(Cc1ccc(OC(F)(F)F)cc1)C1CSCCS1. The third-order valence-electron chi connectivity index (χ3n) is 3.12. The van der Waals surface area contributed by atoms with Gasteiger partial charge in [-0.25, -0.2) is 0 Å². The van der Waals surface area contributed by atoms with Gasteiger partial charge in [-0.15, -0.1) is 13.2 Å². The lowest BCUT2D eigenvalue weighted by molar-refractivity contribution is -0.274. The van der Waals surface area contributed by atoms with Crippen LogP contribution in [0.15, 0.2) is 24.3 Å². The Morgan fingerprint density at radius 1 is 1.29 bits per heavy atom. The Morgan fingerprint density at radius 2 is 2.00 bits per heavy atom. The molecular formula is C13H17F3N2OS2. The number of halogens is 3. The first-order valence-electron chi connectivity index (χ1n) is 6.48. The average Bonchev–Trinajstić information content (AvgIpc) is 2.46. The molecule has 8 heteroatoms. The lowest BCUT2D eigenvalue weighted by Gasteiger charge is -2.29. The molecular weight excluding hydrogens is 321 g/mol. The van der Waals surface area contributed by atoms with Gasteiger partial charge >= 0.3 is 6.36 Å². The molecule has 0 spiro atoms. The summed E-state index contributed by atoms with van der Waals surface area (Å²) in [5.74, 6) is 8.71. The standard InChI is InChI=1S/C13H17F3N2OS2/c14-13(15,16)19-10-3-1-9(2-4-10)7-11(18-17)12-8-20-5-6-21-12/h1-4,11-12,18H,5-8,17H2. The molecule has 0 aromatic heterocycles. The summed E-state index contributed by atoms with van der Waals surface area (Å²) in [4.78, 5) is 0. The molecule has 2 unspecified atom stereocenters. The van der Waals surface area contributed by atoms with Gasteiger partial charge in [0.15, 0.2) is 0 Å². The van der Waals surface area contributed by atoms with Crippen molar-refractivity contribution in [2.24, 2.45) is 5.84 Å². The molecule has 1 aromatic rings. The zero-order chi connectivity index (χ0) is 15.3. The molecule has 0 radical (unpaired) electrons. The van der Waals surface area contributed by atoms with Crippen LogP contribution in [-0.2, 0) is 6.42 Å². The zero-order valence-electron chi connectivity index (χ0n) is 11.2. The van der Waals surface area contributed by atoms with Crippen molar-refractivity contribution in [3.63, 3.8) is 0 Å². The largest absolute Gasteiger partial charge is 0.573 e. The van der Waals surface area contributed by atoms with Gasteiger partial charge in [0.2, 0.25) is 0 Å². The topological polar surface area (TPSA) is 47.3 Å². The molecule has 1 aliphatic rings. The van der Waals surface area contributed by atoms with Crippen LogP contribution >= 0.6 is 23.5 Å². The molecule has 1 aliphatic heterocycles. The molecule has 118 valence electrons. The van der Waals surface area contributed by atoms with E-state index in [0.29, 0.717) is 11.7 Å². The van der Waals surface area contributed by atoms with E-state index in [1.807, 2.05) is 23.5 Å². The Hall–Kier alpha value is -0.570. The minimum absolute atomic E-state index is 0.109. The normalized spacial score (nSPS) is 21.0. The number of benzene rings is 1. The second kappa shape index (κ2) is 7.62. The summed E-state index contributed by atoms with van der Waals surface area (Å²) in [5, 5.41) is 0.417. The third-order valence-corrected chi connectivity index (χ3v) is 6.04. The molecule has 2 rings (SSSR count). The number of rotatable bonds is 5. The first-order chi connectivity index (χ1) is 9.98. The fourth-order valence-electron chi connectivity index (χ4n) is 2.12. The van der Waals surface area contributed by atoms with Gasteiger partial charge in [-0.1, -0.05) is 12.1 Å². The summed E-state index contributed by atoms with van der Waals surface area (Å²) in [7, 11) is 0. The maximum Gasteiger partial charge on any atom is 0.573 e. The van der Waals surface area contributed by atoms with E-state index in [0.717, 1.165) is 22.8 Å². The van der Waals surface area contributed by atoms with E-state index in [4.69, 9.17) is 5.84 Å². The fourth-order valence-corrected chi connectivity index (χ4v) is 4.99. The minimum Gasteiger partial charge on any atom is -0.406 e. The second-order valence-corrected chi connectivity index (χ2v) is 7.15. The van der Waals surface area contributed by atoms with Gasteiger partial charge in [0.05, 0.1) is 0 Å². The highest BCUT2D eigenvalue weighted by molar-refractivity contribution is 8.06. The minimum atomic E-state index is -4.65. The number of hydrogen-bond acceptors (Lipinski definition) is 5. The Bertz CT molecular complexity index is 436. The van der Waals surface area contributed by atoms with Gasteiger partial charge in [-0.3, -0.25) is 11.3 Å². The van der Waals surface area contributed by atoms with Gasteiger partial charge in [0.25, 0.3) is 0 Å². The van der Waals surface area contributed by atoms with Crippen LogP contribution in [0.1, 0.15) is 5.56 Å². The number of ether oxygens (including phenoxy) is 1. The van der Waals surface area contributed by atoms with Crippen molar-refractivity contribution in [2.45, 2.75) is 24.1 Å². The number of nitrogens with one attached hydrogen (secondary N) is 1. The molecule has 2 atom stereocenters. The van der Waals surface area contributed by atoms with Crippen LogP contribution in [0.25, 0.3) is 0 Å². The summed E-state index contributed by atoms with van der Waals surface area (Å²) in [6, 6.07) is 6.06. The molecule has 1 heterocycles. The van der Waals surface area contributed by atoms with Crippen LogP contribution in [0.5, 0.6) is 5.75 Å². The smallest absolute Gasteiger partial charge is 0.406 e. The highest BCUT2D eigenvalue weighted by Crippen LogP contribution is 2.28. The number of alkyl halides is 3. The Morgan fingerprint density at radius 3 is 2.52 bits per heavy atom. The molecule has 3 N–H and O–H groups in total. The van der Waals surface area contributed by atoms with Gasteiger partial charge in [0, 0.05) is 28.6 Å². The van der Waals surface area contributed by atoms with Crippen molar-refractivity contribution in [1.82, 2.24) is 5.43 Å². The van der Waals surface area contributed by atoms with Crippen LogP contribution in [0.3, 0.4) is 0 Å². The van der Waals surface area contributed by atoms with E-state index in [2.05, 4.69) is 10.2 Å². The second-order valence-electron chi connectivity index (χ2n) is 4.65. The molecule has 0 bridgehead atoms. The Balaban J connectivity index is 1.94. The van der Waals surface area contributed by atoms with Crippen molar-refractivity contribution < 1.29 is 17.9 Å². The van der Waals surface area contributed by atoms with Crippen molar-refractivity contribution in [3.8, 4) is 5.75 Å². The summed E-state index contributed by atoms with van der Waals surface area (Å²) >= 11 is 3.79. The third kappa shape index (κ3) is 5.61. The van der Waals surface area contributed by atoms with E-state index < -0.39 is 6.36 Å². The lowest BCUT2D eigenvalue weighted by atomic mass is 10.0. The van der Waals surface area contributed by atoms with Crippen molar-refractivity contribution in [3.05, 3.63) is 29.8 Å². The first kappa shape index (κ1) is 16.8. The van der Waals surface area contributed by atoms with Gasteiger partial charge < -0.3 is 4.74 Å². The van der Waals surface area contributed by atoms with Crippen LogP contribution in [0, 0.1) is 0 Å². The summed E-state index contributed by atoms with van der Waals surface area (Å²) < 4.78 is 40.1. The predicted octanol–water partition coefficient (Wildman–Crippen LogP) is 2.81. The molecule has 1 aromatic carbocycles. The molecule has 0 aliphatic carbocycles. The number of thioether (sulfide) groups is 2. The summed E-state index contributed by atoms with van der Waals surface area (Å²) in [6.07, 6.45) is -3.97. The van der Waals surface area contributed by atoms with E-state index >= 15 is 0 Å². The van der Waals surface area contributed by atoms with Crippen LogP contribution in [0.2, 0.25) is 0 Å². The fraction of sp³-hybridized carbons (Fsp3) is 0.538. The van der Waals surface area contributed by atoms with Crippen molar-refractivity contribution in [2.75, 3.05) is 17.3 Å². The highest BCUT2D eigenvalue weighted by atomic mass is 32.2. The molecule has 3 nitrogen and oxygen atoms in total. The van der Waals surface area contributed by atoms with E-state index in [1.165, 1.54) is 12.1 Å². The predicted molar refractivity (Wildman–Crippen MR) is 81.5 cm³/mol. The van der Waals surface area contributed by atoms with E-state index in [1.54, 1.807) is 12.1 Å². The Kier molecular flexibility index (Phi) is 6.09. The maximum absolute atomic E-state index is 12.1. The van der Waals surface area contributed by atoms with Crippen LogP contribution in [-0.4, -0.2) is 34.9 Å². The number of hydrogen-bond donors (Lipinski definition) is 2. The maximum atomic E-state index is 12.1. The first-order valence-corrected chi connectivity index (χ1v) is 8.68. The molecule has 0 amide bonds. The molecule has 0 saturated carbocycles. The lowest BCUT2D eigenvalue weighted by Crippen LogP contribution is -2.46. The van der Waals surface area contributed by atoms with E-state index in [-0.39, 0.29) is 11.8 Å².